The van der Waals surface area contributed by atoms with Gasteiger partial charge in [0.05, 0.1) is 0 Å². The van der Waals surface area contributed by atoms with Crippen molar-refractivity contribution in [2.45, 2.75) is 6.92 Å². The molecule has 0 aliphatic carbocycles. The summed E-state index contributed by atoms with van der Waals surface area (Å²) in [5.74, 6) is 0. The van der Waals surface area contributed by atoms with Gasteiger partial charge in [-0.15, -0.1) is 0 Å². The van der Waals surface area contributed by atoms with Crippen LogP contribution in [0.25, 0.3) is 0 Å². The molecule has 1 rings (SSSR count). The average molecular weight is 129 g/mol. The molecule has 0 saturated heterocycles. The van der Waals surface area contributed by atoms with Gasteiger partial charge in [0.1, 0.15) is 6.67 Å². The molecular weight excluding hydrogens is 117 g/mol. The topological polar surface area (TPSA) is 3.24 Å². The molecular formula is C7H12FN. The first-order valence-corrected chi connectivity index (χ1v) is 3.33. The van der Waals surface area contributed by atoms with E-state index in [2.05, 4.69) is 11.8 Å². The van der Waals surface area contributed by atoms with Crippen molar-refractivity contribution in [3.8, 4) is 0 Å². The highest BCUT2D eigenvalue weighted by atomic mass is 19.1. The molecule has 0 unspecified atom stereocenters. The minimum Gasteiger partial charge on any atom is -0.296 e. The van der Waals surface area contributed by atoms with Crippen LogP contribution >= 0.6 is 0 Å². The molecule has 0 aromatic heterocycles. The number of hydrogen-bond donors (Lipinski definition) is 0. The molecule has 1 nitrogen and oxygen atoms in total. The molecule has 0 radical (unpaired) electrons. The quantitative estimate of drug-likeness (QED) is 0.507. The van der Waals surface area contributed by atoms with Crippen molar-refractivity contribution >= 4 is 0 Å². The molecule has 52 valence electrons. The zero-order valence-electron chi connectivity index (χ0n) is 5.73. The Morgan fingerprint density at radius 2 is 2.56 bits per heavy atom. The largest absolute Gasteiger partial charge is 0.296 e. The Hall–Kier alpha value is -0.370. The van der Waals surface area contributed by atoms with E-state index >= 15 is 0 Å². The zero-order chi connectivity index (χ0) is 6.69. The first-order valence-electron chi connectivity index (χ1n) is 3.33. The van der Waals surface area contributed by atoms with Crippen LogP contribution in [0.2, 0.25) is 0 Å². The van der Waals surface area contributed by atoms with Crippen LogP contribution in [0.1, 0.15) is 6.92 Å². The Morgan fingerprint density at radius 1 is 1.78 bits per heavy atom. The number of hydrogen-bond acceptors (Lipinski definition) is 1. The summed E-state index contributed by atoms with van der Waals surface area (Å²) in [5, 5.41) is 0. The van der Waals surface area contributed by atoms with E-state index in [1.807, 2.05) is 6.08 Å². The van der Waals surface area contributed by atoms with Crippen molar-refractivity contribution in [1.82, 2.24) is 4.90 Å². The SMILES string of the molecule is CCN1CC=C(CF)C1. The van der Waals surface area contributed by atoms with Crippen molar-refractivity contribution in [1.29, 1.82) is 0 Å². The van der Waals surface area contributed by atoms with Gasteiger partial charge < -0.3 is 0 Å². The normalized spacial score (nSPS) is 20.4. The lowest BCUT2D eigenvalue weighted by molar-refractivity contribution is 0.361. The fourth-order valence-corrected chi connectivity index (χ4v) is 1.01. The number of likely N-dealkylation sites (N-methyl/N-ethyl adjacent to an activating group) is 1. The number of rotatable bonds is 2. The second kappa shape index (κ2) is 2.97. The van der Waals surface area contributed by atoms with Crippen LogP contribution in [0, 0.1) is 0 Å². The maximum absolute atomic E-state index is 11.9. The lowest BCUT2D eigenvalue weighted by atomic mass is 10.3. The zero-order valence-corrected chi connectivity index (χ0v) is 5.73. The maximum atomic E-state index is 11.9. The summed E-state index contributed by atoms with van der Waals surface area (Å²) in [6, 6.07) is 0. The molecule has 0 spiro atoms. The number of nitrogens with zero attached hydrogens (tertiary/aromatic N) is 1. The van der Waals surface area contributed by atoms with Crippen molar-refractivity contribution in [2.75, 3.05) is 26.3 Å². The van der Waals surface area contributed by atoms with Gasteiger partial charge in [0.2, 0.25) is 0 Å². The molecule has 2 heteroatoms. The second-order valence-electron chi connectivity index (χ2n) is 2.32. The molecule has 1 aliphatic heterocycles. The van der Waals surface area contributed by atoms with Gasteiger partial charge in [0, 0.05) is 13.1 Å². The average Bonchev–Trinajstić information content (AvgIpc) is 2.34. The van der Waals surface area contributed by atoms with Crippen molar-refractivity contribution < 1.29 is 4.39 Å². The summed E-state index contributed by atoms with van der Waals surface area (Å²) >= 11 is 0. The van der Waals surface area contributed by atoms with Crippen LogP contribution in [0.5, 0.6) is 0 Å². The number of halogens is 1. The maximum Gasteiger partial charge on any atom is 0.112 e. The molecule has 0 fully saturated rings. The van der Waals surface area contributed by atoms with Gasteiger partial charge >= 0.3 is 0 Å². The molecule has 1 aliphatic rings. The molecule has 0 N–H and O–H groups in total. The fourth-order valence-electron chi connectivity index (χ4n) is 1.01. The van der Waals surface area contributed by atoms with Gasteiger partial charge in [-0.1, -0.05) is 13.0 Å². The summed E-state index contributed by atoms with van der Waals surface area (Å²) in [6.45, 7) is 4.63. The predicted molar refractivity (Wildman–Crippen MR) is 36.2 cm³/mol. The Bertz CT molecular complexity index is 120. The third-order valence-electron chi connectivity index (χ3n) is 1.68. The number of alkyl halides is 1. The Morgan fingerprint density at radius 3 is 2.89 bits per heavy atom. The standard InChI is InChI=1S/C7H12FN/c1-2-9-4-3-7(5-8)6-9/h3H,2,4-6H2,1H3. The molecule has 0 atom stereocenters. The van der Waals surface area contributed by atoms with Gasteiger partial charge in [-0.2, -0.15) is 0 Å². The third kappa shape index (κ3) is 1.52. The van der Waals surface area contributed by atoms with E-state index in [4.69, 9.17) is 0 Å². The van der Waals surface area contributed by atoms with Crippen LogP contribution in [0.15, 0.2) is 11.6 Å². The predicted octanol–water partition coefficient (Wildman–Crippen LogP) is 1.22. The van der Waals surface area contributed by atoms with Gasteiger partial charge in [-0.3, -0.25) is 4.90 Å². The molecule has 0 bridgehead atoms. The first kappa shape index (κ1) is 6.75. The summed E-state index contributed by atoms with van der Waals surface area (Å²) in [4.78, 5) is 2.20. The van der Waals surface area contributed by atoms with Gasteiger partial charge in [-0.25, -0.2) is 4.39 Å². The highest BCUT2D eigenvalue weighted by Gasteiger charge is 2.10. The van der Waals surface area contributed by atoms with E-state index in [1.165, 1.54) is 0 Å². The smallest absolute Gasteiger partial charge is 0.112 e. The van der Waals surface area contributed by atoms with Crippen LogP contribution in [0.4, 0.5) is 4.39 Å². The second-order valence-corrected chi connectivity index (χ2v) is 2.32. The lowest BCUT2D eigenvalue weighted by Gasteiger charge is -2.10. The van der Waals surface area contributed by atoms with Gasteiger partial charge in [-0.05, 0) is 12.1 Å². The minimum atomic E-state index is -0.267. The molecule has 9 heavy (non-hydrogen) atoms. The van der Waals surface area contributed by atoms with E-state index in [-0.39, 0.29) is 6.67 Å². The summed E-state index contributed by atoms with van der Waals surface area (Å²) < 4.78 is 11.9. The fraction of sp³-hybridized carbons (Fsp3) is 0.714. The molecule has 0 saturated carbocycles. The third-order valence-corrected chi connectivity index (χ3v) is 1.68. The van der Waals surface area contributed by atoms with Crippen molar-refractivity contribution in [2.24, 2.45) is 0 Å². The summed E-state index contributed by atoms with van der Waals surface area (Å²) in [6.07, 6.45) is 1.98. The highest BCUT2D eigenvalue weighted by molar-refractivity contribution is 5.11. The van der Waals surface area contributed by atoms with E-state index in [9.17, 15) is 4.39 Å². The van der Waals surface area contributed by atoms with Crippen LogP contribution in [0.3, 0.4) is 0 Å². The van der Waals surface area contributed by atoms with Gasteiger partial charge in [0.25, 0.3) is 0 Å². The molecule has 0 aromatic rings. The molecule has 0 aromatic carbocycles. The molecule has 1 heterocycles. The Labute approximate surface area is 55.2 Å². The summed E-state index contributed by atoms with van der Waals surface area (Å²) in [7, 11) is 0. The van der Waals surface area contributed by atoms with Crippen LogP contribution in [-0.2, 0) is 0 Å². The first-order chi connectivity index (χ1) is 4.36. The van der Waals surface area contributed by atoms with Crippen LogP contribution in [-0.4, -0.2) is 31.2 Å². The van der Waals surface area contributed by atoms with E-state index in [0.717, 1.165) is 25.2 Å². The Balaban J connectivity index is 2.31. The van der Waals surface area contributed by atoms with E-state index in [1.54, 1.807) is 0 Å². The molecule has 0 amide bonds. The monoisotopic (exact) mass is 129 g/mol. The van der Waals surface area contributed by atoms with E-state index < -0.39 is 0 Å². The highest BCUT2D eigenvalue weighted by Crippen LogP contribution is 2.07. The summed E-state index contributed by atoms with van der Waals surface area (Å²) in [5.41, 5.74) is 0.942. The lowest BCUT2D eigenvalue weighted by Crippen LogP contribution is -2.20. The minimum absolute atomic E-state index is 0.267. The Kier molecular flexibility index (Phi) is 2.22. The van der Waals surface area contributed by atoms with Gasteiger partial charge in [0.15, 0.2) is 0 Å². The van der Waals surface area contributed by atoms with Crippen molar-refractivity contribution in [3.05, 3.63) is 11.6 Å². The van der Waals surface area contributed by atoms with Crippen molar-refractivity contribution in [3.63, 3.8) is 0 Å². The van der Waals surface area contributed by atoms with E-state index in [0.29, 0.717) is 0 Å². The van der Waals surface area contributed by atoms with Crippen LogP contribution < -0.4 is 0 Å².